The summed E-state index contributed by atoms with van der Waals surface area (Å²) in [6, 6.07) is 19.7. The number of hydrogen-bond acceptors (Lipinski definition) is 4. The van der Waals surface area contributed by atoms with E-state index in [1.165, 1.54) is 0 Å². The van der Waals surface area contributed by atoms with Gasteiger partial charge in [-0.3, -0.25) is 14.4 Å². The van der Waals surface area contributed by atoms with Crippen LogP contribution in [0.15, 0.2) is 66.7 Å². The topological polar surface area (TPSA) is 96.8 Å². The van der Waals surface area contributed by atoms with E-state index in [0.717, 1.165) is 22.6 Å². The van der Waals surface area contributed by atoms with Gasteiger partial charge in [0, 0.05) is 28.7 Å². The molecule has 0 amide bonds. The second-order valence-electron chi connectivity index (χ2n) is 6.96. The van der Waals surface area contributed by atoms with Gasteiger partial charge in [-0.05, 0) is 35.4 Å². The summed E-state index contributed by atoms with van der Waals surface area (Å²) >= 11 is 5.57. The molecule has 3 aromatic rings. The first-order chi connectivity index (χ1) is 15.0. The summed E-state index contributed by atoms with van der Waals surface area (Å²) < 4.78 is 5.76. The normalized spacial score (nSPS) is 13.5. The minimum atomic E-state index is -0.440. The monoisotopic (exact) mass is 430 g/mol. The van der Waals surface area contributed by atoms with Gasteiger partial charge in [0.05, 0.1) is 0 Å². The smallest absolute Gasteiger partial charge is 0.347 e. The Morgan fingerprint density at radius 3 is 2.29 bits per heavy atom. The Morgan fingerprint density at radius 1 is 0.871 bits per heavy atom. The van der Waals surface area contributed by atoms with E-state index in [1.807, 2.05) is 30.3 Å². The maximum absolute atomic E-state index is 11.6. The lowest BCUT2D eigenvalue weighted by molar-refractivity contribution is -0.00890. The first-order valence-corrected chi connectivity index (χ1v) is 9.82. The molecule has 0 radical (unpaired) electrons. The number of nitrogens with zero attached hydrogens (tertiary/aromatic N) is 2. The second kappa shape index (κ2) is 8.48. The van der Waals surface area contributed by atoms with Crippen molar-refractivity contribution in [2.75, 3.05) is 0 Å². The van der Waals surface area contributed by atoms with Crippen LogP contribution in [-0.2, 0) is 6.42 Å². The Morgan fingerprint density at radius 2 is 1.55 bits per heavy atom. The number of carbonyl (C=O) groups is 3. The lowest BCUT2D eigenvalue weighted by Gasteiger charge is -2.21. The van der Waals surface area contributed by atoms with Gasteiger partial charge in [0.1, 0.15) is 17.9 Å². The molecular weight excluding hydrogens is 416 g/mol. The zero-order chi connectivity index (χ0) is 22.0. The molecule has 0 N–H and O–H groups in total. The molecule has 152 valence electrons. The van der Waals surface area contributed by atoms with Crippen LogP contribution in [0.2, 0.25) is 0 Å². The van der Waals surface area contributed by atoms with E-state index in [2.05, 4.69) is 4.79 Å². The molecule has 3 aromatic carbocycles. The standard InChI is InChI=1S/C14H9ClO2.C10H6N2O2/c15-14(16)10-5-3-7-13-11(10)8-9-4-1-2-6-12(9)17-13;11-12-8-5-9(13)6-3-1-2-4-7(6)10(8)14/h1-7H,8H2;1-4H,5H2. The molecule has 0 saturated heterocycles. The van der Waals surface area contributed by atoms with Crippen LogP contribution in [0.3, 0.4) is 0 Å². The highest BCUT2D eigenvalue weighted by molar-refractivity contribution is 6.68. The number of Topliss-reactive ketones (excluding diaryl/α,β-unsaturated/α-hetero) is 2. The van der Waals surface area contributed by atoms with Crippen molar-refractivity contribution >= 4 is 34.1 Å². The molecule has 5 rings (SSSR count). The van der Waals surface area contributed by atoms with Crippen LogP contribution >= 0.6 is 11.6 Å². The average molecular weight is 431 g/mol. The number of carbonyl (C=O) groups excluding carboxylic acids is 3. The van der Waals surface area contributed by atoms with E-state index in [9.17, 15) is 14.4 Å². The van der Waals surface area contributed by atoms with Crippen molar-refractivity contribution in [3.63, 3.8) is 0 Å². The molecule has 0 fully saturated rings. The summed E-state index contributed by atoms with van der Waals surface area (Å²) in [6.07, 6.45) is 0.562. The number of halogens is 1. The van der Waals surface area contributed by atoms with Gasteiger partial charge in [-0.25, -0.2) is 0 Å². The highest BCUT2D eigenvalue weighted by Crippen LogP contribution is 2.38. The third-order valence-corrected chi connectivity index (χ3v) is 5.29. The molecule has 0 saturated carbocycles. The summed E-state index contributed by atoms with van der Waals surface area (Å²) in [7, 11) is 0. The van der Waals surface area contributed by atoms with Crippen LogP contribution in [0.25, 0.3) is 5.53 Å². The van der Waals surface area contributed by atoms with Crippen molar-refractivity contribution in [2.45, 2.75) is 12.8 Å². The molecular formula is C24H15ClN2O4. The quantitative estimate of drug-likeness (QED) is 0.244. The van der Waals surface area contributed by atoms with E-state index in [1.54, 1.807) is 36.4 Å². The highest BCUT2D eigenvalue weighted by Gasteiger charge is 2.34. The number of benzene rings is 3. The third-order valence-electron chi connectivity index (χ3n) is 5.09. The van der Waals surface area contributed by atoms with Crippen LogP contribution in [0.1, 0.15) is 48.6 Å². The Balaban J connectivity index is 0.000000152. The molecule has 0 bridgehead atoms. The van der Waals surface area contributed by atoms with Crippen LogP contribution in [-0.4, -0.2) is 27.3 Å². The largest absolute Gasteiger partial charge is 0.457 e. The predicted octanol–water partition coefficient (Wildman–Crippen LogP) is 4.89. The van der Waals surface area contributed by atoms with Crippen molar-refractivity contribution in [2.24, 2.45) is 0 Å². The van der Waals surface area contributed by atoms with E-state index in [-0.39, 0.29) is 23.7 Å². The zero-order valence-electron chi connectivity index (χ0n) is 16.2. The SMILES string of the molecule is O=C(Cl)c1cccc2c1Cc1ccccc1O2.[N-]=[N+]=C1CC(=O)c2ccccc2C1=O. The summed E-state index contributed by atoms with van der Waals surface area (Å²) in [5, 5.41) is -0.440. The number of ketones is 2. The lowest BCUT2D eigenvalue weighted by Crippen LogP contribution is -2.27. The van der Waals surface area contributed by atoms with Crippen LogP contribution in [0.5, 0.6) is 11.5 Å². The van der Waals surface area contributed by atoms with Gasteiger partial charge in [0.25, 0.3) is 11.0 Å². The van der Waals surface area contributed by atoms with Gasteiger partial charge in [-0.2, -0.15) is 4.79 Å². The van der Waals surface area contributed by atoms with Gasteiger partial charge in [0.15, 0.2) is 5.78 Å². The Labute approximate surface area is 182 Å². The molecule has 2 aliphatic rings. The first kappa shape index (κ1) is 20.4. The van der Waals surface area contributed by atoms with E-state index >= 15 is 0 Å². The number of ether oxygens (including phenoxy) is 1. The van der Waals surface area contributed by atoms with Crippen LogP contribution < -0.4 is 4.74 Å². The van der Waals surface area contributed by atoms with Crippen molar-refractivity contribution in [3.05, 3.63) is 100 Å². The first-order valence-electron chi connectivity index (χ1n) is 9.45. The molecule has 0 atom stereocenters. The molecule has 31 heavy (non-hydrogen) atoms. The van der Waals surface area contributed by atoms with Crippen molar-refractivity contribution in [1.29, 1.82) is 0 Å². The van der Waals surface area contributed by atoms with E-state index < -0.39 is 5.24 Å². The fraction of sp³-hybridized carbons (Fsp3) is 0.0833. The van der Waals surface area contributed by atoms with E-state index in [0.29, 0.717) is 23.1 Å². The zero-order valence-corrected chi connectivity index (χ0v) is 16.9. The summed E-state index contributed by atoms with van der Waals surface area (Å²) in [5.41, 5.74) is 11.6. The maximum atomic E-state index is 11.6. The molecule has 6 nitrogen and oxygen atoms in total. The van der Waals surface area contributed by atoms with Crippen LogP contribution in [0.4, 0.5) is 0 Å². The molecule has 0 spiro atoms. The molecule has 1 aliphatic carbocycles. The Bertz CT molecular complexity index is 1290. The Hall–Kier alpha value is -3.86. The number of rotatable bonds is 1. The molecule has 1 aliphatic heterocycles. The van der Waals surface area contributed by atoms with Crippen molar-refractivity contribution in [1.82, 2.24) is 0 Å². The lowest BCUT2D eigenvalue weighted by atomic mass is 9.88. The summed E-state index contributed by atoms with van der Waals surface area (Å²) in [6.45, 7) is 0. The van der Waals surface area contributed by atoms with E-state index in [4.69, 9.17) is 21.9 Å². The molecule has 7 heteroatoms. The highest BCUT2D eigenvalue weighted by atomic mass is 35.5. The van der Waals surface area contributed by atoms with Crippen molar-refractivity contribution < 1.29 is 23.9 Å². The summed E-state index contributed by atoms with van der Waals surface area (Å²) in [5.74, 6) is 1.00. The minimum Gasteiger partial charge on any atom is -0.457 e. The minimum absolute atomic E-state index is 0.0892. The van der Waals surface area contributed by atoms with Crippen molar-refractivity contribution in [3.8, 4) is 11.5 Å². The van der Waals surface area contributed by atoms with Gasteiger partial charge in [-0.1, -0.05) is 48.5 Å². The fourth-order valence-corrected chi connectivity index (χ4v) is 3.75. The Kier molecular flexibility index (Phi) is 5.58. The third kappa shape index (κ3) is 3.94. The number of hydrogen-bond donors (Lipinski definition) is 0. The maximum Gasteiger partial charge on any atom is 0.347 e. The molecule has 0 aromatic heterocycles. The molecule has 1 heterocycles. The average Bonchev–Trinajstić information content (AvgIpc) is 2.80. The van der Waals surface area contributed by atoms with Gasteiger partial charge >= 0.3 is 5.71 Å². The second-order valence-corrected chi connectivity index (χ2v) is 7.31. The fourth-order valence-electron chi connectivity index (χ4n) is 3.57. The number of para-hydroxylation sites is 1. The predicted molar refractivity (Wildman–Crippen MR) is 114 cm³/mol. The number of fused-ring (bicyclic) bond motifs is 3. The summed E-state index contributed by atoms with van der Waals surface area (Å²) in [4.78, 5) is 37.2. The van der Waals surface area contributed by atoms with Crippen LogP contribution in [0, 0.1) is 0 Å². The van der Waals surface area contributed by atoms with Gasteiger partial charge < -0.3 is 10.3 Å². The van der Waals surface area contributed by atoms with Gasteiger partial charge in [-0.15, -0.1) is 0 Å². The molecule has 0 unspecified atom stereocenters. The van der Waals surface area contributed by atoms with Gasteiger partial charge in [0.2, 0.25) is 0 Å².